The minimum atomic E-state index is -0.363. The molecule has 1 saturated heterocycles. The van der Waals surface area contributed by atoms with Crippen molar-refractivity contribution in [2.24, 2.45) is 0 Å². The van der Waals surface area contributed by atoms with E-state index < -0.39 is 0 Å². The molecule has 162 valence electrons. The molecule has 1 aliphatic rings. The first-order chi connectivity index (χ1) is 15.1. The topological polar surface area (TPSA) is 63.0 Å². The van der Waals surface area contributed by atoms with Gasteiger partial charge in [0, 0.05) is 50.2 Å². The summed E-state index contributed by atoms with van der Waals surface area (Å²) in [4.78, 5) is 28.6. The quantitative estimate of drug-likeness (QED) is 0.548. The molecule has 1 aliphatic heterocycles. The zero-order valence-corrected chi connectivity index (χ0v) is 17.9. The van der Waals surface area contributed by atoms with Crippen molar-refractivity contribution < 1.29 is 13.9 Å². The van der Waals surface area contributed by atoms with Crippen LogP contribution in [0.15, 0.2) is 63.8 Å². The molecule has 0 bridgehead atoms. The lowest BCUT2D eigenvalue weighted by Gasteiger charge is -2.34. The highest BCUT2D eigenvalue weighted by Gasteiger charge is 2.21. The van der Waals surface area contributed by atoms with Crippen LogP contribution in [0.2, 0.25) is 0 Å². The van der Waals surface area contributed by atoms with E-state index in [9.17, 15) is 9.59 Å². The van der Waals surface area contributed by atoms with Crippen LogP contribution in [-0.2, 0) is 17.8 Å². The van der Waals surface area contributed by atoms with Gasteiger partial charge in [0.05, 0.1) is 0 Å². The molecular weight excluding hydrogens is 392 g/mol. The molecule has 2 aromatic carbocycles. The first-order valence-corrected chi connectivity index (χ1v) is 10.9. The number of nitrogens with zero attached hydrogens (tertiary/aromatic N) is 2. The minimum Gasteiger partial charge on any atom is -0.484 e. The Morgan fingerprint density at radius 1 is 1.03 bits per heavy atom. The largest absolute Gasteiger partial charge is 0.484 e. The molecule has 1 aromatic heterocycles. The van der Waals surface area contributed by atoms with Crippen molar-refractivity contribution in [3.05, 3.63) is 76.1 Å². The van der Waals surface area contributed by atoms with Gasteiger partial charge in [0.25, 0.3) is 5.91 Å². The molecule has 2 heterocycles. The fraction of sp³-hybridized carbons (Fsp3) is 0.360. The highest BCUT2D eigenvalue weighted by atomic mass is 16.5. The maximum atomic E-state index is 12.6. The molecule has 6 heteroatoms. The average Bonchev–Trinajstić information content (AvgIpc) is 2.78. The number of hydrogen-bond donors (Lipinski definition) is 0. The second-order valence-corrected chi connectivity index (χ2v) is 7.93. The first-order valence-electron chi connectivity index (χ1n) is 10.9. The van der Waals surface area contributed by atoms with Gasteiger partial charge in [-0.1, -0.05) is 43.7 Å². The number of fused-ring (bicyclic) bond motifs is 1. The van der Waals surface area contributed by atoms with Crippen molar-refractivity contribution in [2.75, 3.05) is 32.8 Å². The number of rotatable bonds is 7. The number of piperazine rings is 1. The summed E-state index contributed by atoms with van der Waals surface area (Å²) in [5.41, 5.74) is 2.40. The maximum Gasteiger partial charge on any atom is 0.336 e. The fourth-order valence-corrected chi connectivity index (χ4v) is 4.01. The Balaban J connectivity index is 1.31. The van der Waals surface area contributed by atoms with Crippen LogP contribution in [0.5, 0.6) is 5.75 Å². The lowest BCUT2D eigenvalue weighted by atomic mass is 10.1. The number of amides is 1. The summed E-state index contributed by atoms with van der Waals surface area (Å²) in [5.74, 6) is 0.501. The number of ether oxygens (including phenoxy) is 1. The van der Waals surface area contributed by atoms with Crippen molar-refractivity contribution in [1.82, 2.24) is 9.80 Å². The zero-order valence-electron chi connectivity index (χ0n) is 17.9. The van der Waals surface area contributed by atoms with Gasteiger partial charge >= 0.3 is 5.63 Å². The molecule has 31 heavy (non-hydrogen) atoms. The Morgan fingerprint density at radius 2 is 1.81 bits per heavy atom. The number of aryl methyl sites for hydroxylation is 1. The first kappa shape index (κ1) is 21.1. The third-order valence-corrected chi connectivity index (χ3v) is 5.66. The SMILES string of the molecule is CCCc1cc(=O)oc2cc(OCC(=O)N3CCN(Cc4ccccc4)CC3)ccc12. The van der Waals surface area contributed by atoms with Crippen LogP contribution in [-0.4, -0.2) is 48.5 Å². The molecule has 3 aromatic rings. The van der Waals surface area contributed by atoms with Gasteiger partial charge in [-0.25, -0.2) is 4.79 Å². The van der Waals surface area contributed by atoms with Gasteiger partial charge in [-0.2, -0.15) is 0 Å². The van der Waals surface area contributed by atoms with Crippen LogP contribution in [0.3, 0.4) is 0 Å². The summed E-state index contributed by atoms with van der Waals surface area (Å²) in [6, 6.07) is 17.3. The standard InChI is InChI=1S/C25H28N2O4/c1-2-6-20-15-25(29)31-23-16-21(9-10-22(20)23)30-18-24(28)27-13-11-26(12-14-27)17-19-7-4-3-5-8-19/h3-5,7-10,15-16H,2,6,11-14,17-18H2,1H3. The minimum absolute atomic E-state index is 0.0247. The Labute approximate surface area is 182 Å². The van der Waals surface area contributed by atoms with Crippen LogP contribution < -0.4 is 10.4 Å². The summed E-state index contributed by atoms with van der Waals surface area (Å²) in [7, 11) is 0. The van der Waals surface area contributed by atoms with Gasteiger partial charge in [-0.3, -0.25) is 9.69 Å². The van der Waals surface area contributed by atoms with E-state index in [1.807, 2.05) is 23.1 Å². The highest BCUT2D eigenvalue weighted by Crippen LogP contribution is 2.23. The second-order valence-electron chi connectivity index (χ2n) is 7.93. The second kappa shape index (κ2) is 9.79. The Hall–Kier alpha value is -3.12. The van der Waals surface area contributed by atoms with E-state index in [4.69, 9.17) is 9.15 Å². The predicted molar refractivity (Wildman–Crippen MR) is 120 cm³/mol. The molecule has 0 unspecified atom stereocenters. The van der Waals surface area contributed by atoms with E-state index >= 15 is 0 Å². The predicted octanol–water partition coefficient (Wildman–Crippen LogP) is 3.47. The molecule has 0 atom stereocenters. The lowest BCUT2D eigenvalue weighted by Crippen LogP contribution is -2.49. The summed E-state index contributed by atoms with van der Waals surface area (Å²) >= 11 is 0. The monoisotopic (exact) mass is 420 g/mol. The molecular formula is C25H28N2O4. The average molecular weight is 421 g/mol. The molecule has 0 saturated carbocycles. The lowest BCUT2D eigenvalue weighted by molar-refractivity contribution is -0.135. The van der Waals surface area contributed by atoms with Crippen molar-refractivity contribution >= 4 is 16.9 Å². The van der Waals surface area contributed by atoms with Crippen LogP contribution in [0.25, 0.3) is 11.0 Å². The van der Waals surface area contributed by atoms with Gasteiger partial charge in [-0.15, -0.1) is 0 Å². The van der Waals surface area contributed by atoms with Crippen molar-refractivity contribution in [3.63, 3.8) is 0 Å². The molecule has 0 spiro atoms. The normalized spacial score (nSPS) is 14.7. The van der Waals surface area contributed by atoms with Crippen LogP contribution in [0.4, 0.5) is 0 Å². The van der Waals surface area contributed by atoms with E-state index in [0.29, 0.717) is 24.4 Å². The van der Waals surface area contributed by atoms with E-state index in [1.165, 1.54) is 5.56 Å². The van der Waals surface area contributed by atoms with Gasteiger partial charge in [0.2, 0.25) is 0 Å². The highest BCUT2D eigenvalue weighted by molar-refractivity contribution is 5.82. The molecule has 6 nitrogen and oxygen atoms in total. The Morgan fingerprint density at radius 3 is 2.55 bits per heavy atom. The summed E-state index contributed by atoms with van der Waals surface area (Å²) in [5, 5.41) is 0.912. The van der Waals surface area contributed by atoms with E-state index in [1.54, 1.807) is 12.1 Å². The summed E-state index contributed by atoms with van der Waals surface area (Å²) < 4.78 is 11.1. The maximum absolute atomic E-state index is 12.6. The van der Waals surface area contributed by atoms with Crippen LogP contribution in [0, 0.1) is 0 Å². The Kier molecular flexibility index (Phi) is 6.67. The third kappa shape index (κ3) is 5.33. The summed E-state index contributed by atoms with van der Waals surface area (Å²) in [6.07, 6.45) is 1.76. The van der Waals surface area contributed by atoms with Gasteiger partial charge < -0.3 is 14.1 Å². The molecule has 4 rings (SSSR count). The molecule has 1 amide bonds. The Bertz CT molecular complexity index is 1090. The number of hydrogen-bond acceptors (Lipinski definition) is 5. The van der Waals surface area contributed by atoms with E-state index in [2.05, 4.69) is 36.1 Å². The van der Waals surface area contributed by atoms with Crippen molar-refractivity contribution in [3.8, 4) is 5.75 Å². The zero-order chi connectivity index (χ0) is 21.6. The van der Waals surface area contributed by atoms with Gasteiger partial charge in [0.15, 0.2) is 6.61 Å². The van der Waals surface area contributed by atoms with E-state index in [0.717, 1.165) is 43.4 Å². The van der Waals surface area contributed by atoms with Crippen molar-refractivity contribution in [1.29, 1.82) is 0 Å². The smallest absolute Gasteiger partial charge is 0.336 e. The van der Waals surface area contributed by atoms with Crippen LogP contribution in [0.1, 0.15) is 24.5 Å². The fourth-order valence-electron chi connectivity index (χ4n) is 4.01. The van der Waals surface area contributed by atoms with E-state index in [-0.39, 0.29) is 18.1 Å². The van der Waals surface area contributed by atoms with Gasteiger partial charge in [-0.05, 0) is 29.7 Å². The number of benzene rings is 2. The molecule has 1 fully saturated rings. The molecule has 0 N–H and O–H groups in total. The number of carbonyl (C=O) groups excluding carboxylic acids is 1. The van der Waals surface area contributed by atoms with Gasteiger partial charge in [0.1, 0.15) is 11.3 Å². The number of carbonyl (C=O) groups is 1. The third-order valence-electron chi connectivity index (χ3n) is 5.66. The molecule has 0 radical (unpaired) electrons. The summed E-state index contributed by atoms with van der Waals surface area (Å²) in [6.45, 7) is 6.05. The van der Waals surface area contributed by atoms with Crippen molar-refractivity contribution in [2.45, 2.75) is 26.3 Å². The van der Waals surface area contributed by atoms with Crippen LogP contribution >= 0.6 is 0 Å². The molecule has 0 aliphatic carbocycles.